The Bertz CT molecular complexity index is 569. The van der Waals surface area contributed by atoms with Crippen LogP contribution in [0.4, 0.5) is 4.39 Å². The molecule has 2 N–H and O–H groups in total. The number of imide groups is 1. The maximum absolute atomic E-state index is 14.0. The topological polar surface area (TPSA) is 58.2 Å². The zero-order valence-electron chi connectivity index (χ0n) is 11.8. The minimum absolute atomic E-state index is 0.204. The molecule has 1 atom stereocenters. The summed E-state index contributed by atoms with van der Waals surface area (Å²) in [5.41, 5.74) is 0.878. The van der Waals surface area contributed by atoms with Crippen molar-refractivity contribution in [3.05, 3.63) is 35.4 Å². The summed E-state index contributed by atoms with van der Waals surface area (Å²) in [6, 6.07) is 7.73. The van der Waals surface area contributed by atoms with Gasteiger partial charge in [0.15, 0.2) is 0 Å². The molecule has 2 aliphatic heterocycles. The van der Waals surface area contributed by atoms with Crippen LogP contribution in [-0.4, -0.2) is 30.6 Å². The van der Waals surface area contributed by atoms with Crippen LogP contribution in [0.5, 0.6) is 0 Å². The Hall–Kier alpha value is -1.75. The van der Waals surface area contributed by atoms with Crippen LogP contribution in [0.2, 0.25) is 0 Å². The van der Waals surface area contributed by atoms with Gasteiger partial charge in [-0.3, -0.25) is 14.9 Å². The molecule has 5 heteroatoms. The van der Waals surface area contributed by atoms with Gasteiger partial charge in [0.25, 0.3) is 0 Å². The van der Waals surface area contributed by atoms with E-state index in [0.29, 0.717) is 38.8 Å². The Morgan fingerprint density at radius 2 is 2.10 bits per heavy atom. The fraction of sp³-hybridized carbons (Fsp3) is 0.500. The van der Waals surface area contributed by atoms with Crippen molar-refractivity contribution >= 4 is 11.8 Å². The van der Waals surface area contributed by atoms with Crippen molar-refractivity contribution in [2.24, 2.45) is 0 Å². The Balaban J connectivity index is 1.68. The highest BCUT2D eigenvalue weighted by molar-refractivity contribution is 6.00. The van der Waals surface area contributed by atoms with E-state index in [0.717, 1.165) is 11.1 Å². The van der Waals surface area contributed by atoms with Crippen LogP contribution in [0.15, 0.2) is 24.3 Å². The molecule has 1 aromatic rings. The van der Waals surface area contributed by atoms with Gasteiger partial charge < -0.3 is 5.32 Å². The molecule has 0 aromatic heterocycles. The highest BCUT2D eigenvalue weighted by Crippen LogP contribution is 2.27. The van der Waals surface area contributed by atoms with Gasteiger partial charge in [0, 0.05) is 19.5 Å². The molecule has 0 saturated carbocycles. The first kappa shape index (κ1) is 14.2. The molecule has 21 heavy (non-hydrogen) atoms. The van der Waals surface area contributed by atoms with Crippen molar-refractivity contribution in [2.45, 2.75) is 37.3 Å². The lowest BCUT2D eigenvalue weighted by atomic mass is 9.87. The Morgan fingerprint density at radius 3 is 2.76 bits per heavy atom. The first-order chi connectivity index (χ1) is 10.1. The number of alkyl halides is 1. The van der Waals surface area contributed by atoms with Crippen molar-refractivity contribution in [1.82, 2.24) is 10.6 Å². The standard InChI is InChI=1S/C16H19FN2O2/c17-16(9-18-10-16)7-6-11-2-1-3-12(8-11)13-4-5-14(20)19-15(13)21/h1-3,8,13,18H,4-7,9-10H2,(H,19,20,21). The minimum Gasteiger partial charge on any atom is -0.310 e. The monoisotopic (exact) mass is 290 g/mol. The van der Waals surface area contributed by atoms with Gasteiger partial charge in [-0.05, 0) is 30.4 Å². The zero-order chi connectivity index (χ0) is 14.9. The van der Waals surface area contributed by atoms with E-state index < -0.39 is 5.67 Å². The van der Waals surface area contributed by atoms with Crippen molar-refractivity contribution < 1.29 is 14.0 Å². The molecule has 4 nitrogen and oxygen atoms in total. The summed E-state index contributed by atoms with van der Waals surface area (Å²) < 4.78 is 14.0. The van der Waals surface area contributed by atoms with Crippen LogP contribution in [0.25, 0.3) is 0 Å². The highest BCUT2D eigenvalue weighted by Gasteiger charge is 2.36. The number of hydrogen-bond acceptors (Lipinski definition) is 3. The average molecular weight is 290 g/mol. The summed E-state index contributed by atoms with van der Waals surface area (Å²) in [5.74, 6) is -0.704. The number of carbonyl (C=O) groups is 2. The van der Waals surface area contributed by atoms with Crippen LogP contribution in [0.3, 0.4) is 0 Å². The fourth-order valence-electron chi connectivity index (χ4n) is 2.92. The molecule has 2 fully saturated rings. The van der Waals surface area contributed by atoms with Crippen molar-refractivity contribution in [3.63, 3.8) is 0 Å². The van der Waals surface area contributed by atoms with E-state index in [2.05, 4.69) is 10.6 Å². The van der Waals surface area contributed by atoms with E-state index in [1.165, 1.54) is 0 Å². The molecule has 112 valence electrons. The summed E-state index contributed by atoms with van der Waals surface area (Å²) in [4.78, 5) is 23.1. The van der Waals surface area contributed by atoms with Gasteiger partial charge in [-0.15, -0.1) is 0 Å². The predicted molar refractivity (Wildman–Crippen MR) is 76.6 cm³/mol. The number of benzene rings is 1. The number of amides is 2. The molecule has 2 saturated heterocycles. The SMILES string of the molecule is O=C1CCC(c2cccc(CCC3(F)CNC3)c2)C(=O)N1. The van der Waals surface area contributed by atoms with Crippen molar-refractivity contribution in [3.8, 4) is 0 Å². The van der Waals surface area contributed by atoms with Crippen LogP contribution in [-0.2, 0) is 16.0 Å². The van der Waals surface area contributed by atoms with Crippen LogP contribution in [0, 0.1) is 0 Å². The number of nitrogens with one attached hydrogen (secondary N) is 2. The largest absolute Gasteiger partial charge is 0.310 e. The van der Waals surface area contributed by atoms with Crippen LogP contribution >= 0.6 is 0 Å². The average Bonchev–Trinajstić information content (AvgIpc) is 2.43. The predicted octanol–water partition coefficient (Wildman–Crippen LogP) is 1.45. The summed E-state index contributed by atoms with van der Waals surface area (Å²) in [6.07, 6.45) is 2.09. The molecule has 2 aliphatic rings. The molecule has 2 heterocycles. The third-order valence-corrected chi connectivity index (χ3v) is 4.34. The van der Waals surface area contributed by atoms with Crippen LogP contribution in [0.1, 0.15) is 36.3 Å². The van der Waals surface area contributed by atoms with E-state index >= 15 is 0 Å². The van der Waals surface area contributed by atoms with Gasteiger partial charge in [0.05, 0.1) is 5.92 Å². The molecule has 1 aromatic carbocycles. The van der Waals surface area contributed by atoms with Gasteiger partial charge in [-0.25, -0.2) is 4.39 Å². The van der Waals surface area contributed by atoms with Gasteiger partial charge in [0.1, 0.15) is 5.67 Å². The lowest BCUT2D eigenvalue weighted by Crippen LogP contribution is -2.56. The Kier molecular flexibility index (Phi) is 3.76. The van der Waals surface area contributed by atoms with Crippen LogP contribution < -0.4 is 10.6 Å². The number of piperidine rings is 1. The second-order valence-electron chi connectivity index (χ2n) is 6.00. The van der Waals surface area contributed by atoms with Gasteiger partial charge in [-0.2, -0.15) is 0 Å². The molecule has 0 radical (unpaired) electrons. The lowest BCUT2D eigenvalue weighted by Gasteiger charge is -2.35. The normalized spacial score (nSPS) is 24.3. The number of aryl methyl sites for hydroxylation is 1. The second kappa shape index (κ2) is 5.56. The van der Waals surface area contributed by atoms with E-state index in [1.807, 2.05) is 24.3 Å². The summed E-state index contributed by atoms with van der Waals surface area (Å²) >= 11 is 0. The van der Waals surface area contributed by atoms with E-state index in [-0.39, 0.29) is 17.7 Å². The molecular weight excluding hydrogens is 271 g/mol. The zero-order valence-corrected chi connectivity index (χ0v) is 11.8. The maximum atomic E-state index is 14.0. The van der Waals surface area contributed by atoms with Gasteiger partial charge in [-0.1, -0.05) is 24.3 Å². The molecule has 2 amide bonds. The molecule has 0 aliphatic carbocycles. The summed E-state index contributed by atoms with van der Waals surface area (Å²) in [5, 5.41) is 5.33. The van der Waals surface area contributed by atoms with Gasteiger partial charge in [0.2, 0.25) is 11.8 Å². The second-order valence-corrected chi connectivity index (χ2v) is 6.00. The van der Waals surface area contributed by atoms with Crippen molar-refractivity contribution in [2.75, 3.05) is 13.1 Å². The summed E-state index contributed by atoms with van der Waals surface area (Å²) in [7, 11) is 0. The molecule has 0 bridgehead atoms. The molecular formula is C16H19FN2O2. The number of rotatable bonds is 4. The molecule has 3 rings (SSSR count). The third kappa shape index (κ3) is 3.13. The highest BCUT2D eigenvalue weighted by atomic mass is 19.1. The third-order valence-electron chi connectivity index (χ3n) is 4.34. The van der Waals surface area contributed by atoms with Crippen molar-refractivity contribution in [1.29, 1.82) is 0 Å². The van der Waals surface area contributed by atoms with E-state index in [9.17, 15) is 14.0 Å². The smallest absolute Gasteiger partial charge is 0.234 e. The Labute approximate surface area is 123 Å². The molecule has 1 unspecified atom stereocenters. The first-order valence-corrected chi connectivity index (χ1v) is 7.38. The quantitative estimate of drug-likeness (QED) is 0.825. The fourth-order valence-corrected chi connectivity index (χ4v) is 2.92. The minimum atomic E-state index is -1.08. The number of halogens is 1. The van der Waals surface area contributed by atoms with E-state index in [1.54, 1.807) is 0 Å². The number of hydrogen-bond donors (Lipinski definition) is 2. The van der Waals surface area contributed by atoms with Gasteiger partial charge >= 0.3 is 0 Å². The van der Waals surface area contributed by atoms with E-state index in [4.69, 9.17) is 0 Å². The number of carbonyl (C=O) groups excluding carboxylic acids is 2. The molecule has 0 spiro atoms. The maximum Gasteiger partial charge on any atom is 0.234 e. The lowest BCUT2D eigenvalue weighted by molar-refractivity contribution is -0.134. The first-order valence-electron chi connectivity index (χ1n) is 7.38. The summed E-state index contributed by atoms with van der Waals surface area (Å²) in [6.45, 7) is 0.861. The Morgan fingerprint density at radius 1 is 1.29 bits per heavy atom.